The van der Waals surface area contributed by atoms with Crippen LogP contribution in [0.1, 0.15) is 17.0 Å². The lowest BCUT2D eigenvalue weighted by atomic mass is 10.1. The van der Waals surface area contributed by atoms with Gasteiger partial charge in [-0.3, -0.25) is 9.52 Å². The van der Waals surface area contributed by atoms with Gasteiger partial charge in [0.25, 0.3) is 0 Å². The predicted molar refractivity (Wildman–Crippen MR) is 124 cm³/mol. The van der Waals surface area contributed by atoms with Crippen LogP contribution in [0.5, 0.6) is 0 Å². The summed E-state index contributed by atoms with van der Waals surface area (Å²) in [6, 6.07) is 11.3. The van der Waals surface area contributed by atoms with E-state index in [1.54, 1.807) is 17.0 Å². The smallest absolute Gasteiger partial charge is 0.246 e. The highest BCUT2D eigenvalue weighted by Gasteiger charge is 2.27. The summed E-state index contributed by atoms with van der Waals surface area (Å²) in [7, 11) is -3.39. The summed E-state index contributed by atoms with van der Waals surface area (Å²) in [6.45, 7) is 4.48. The van der Waals surface area contributed by atoms with Crippen LogP contribution >= 0.6 is 11.5 Å². The molecule has 8 nitrogen and oxygen atoms in total. The van der Waals surface area contributed by atoms with Gasteiger partial charge in [0.15, 0.2) is 0 Å². The van der Waals surface area contributed by atoms with E-state index in [1.807, 2.05) is 38.1 Å². The van der Waals surface area contributed by atoms with Crippen molar-refractivity contribution in [3.05, 3.63) is 53.3 Å². The van der Waals surface area contributed by atoms with Crippen LogP contribution in [0, 0.1) is 13.8 Å². The number of fused-ring (bicyclic) bond motifs is 1. The minimum atomic E-state index is -3.39. The minimum Gasteiger partial charge on any atom is -0.376 e. The third kappa shape index (κ3) is 4.70. The van der Waals surface area contributed by atoms with Crippen molar-refractivity contribution in [2.45, 2.75) is 20.3 Å². The zero-order chi connectivity index (χ0) is 22.2. The molecule has 2 N–H and O–H groups in total. The van der Waals surface area contributed by atoms with Crippen molar-refractivity contribution < 1.29 is 13.2 Å². The third-order valence-corrected chi connectivity index (χ3v) is 6.51. The number of hydrogen-bond acceptors (Lipinski definition) is 7. The van der Waals surface area contributed by atoms with Crippen LogP contribution in [0.25, 0.3) is 10.6 Å². The molecule has 0 saturated heterocycles. The Morgan fingerprint density at radius 3 is 2.71 bits per heavy atom. The molecular weight excluding hydrogens is 434 g/mol. The molecule has 0 atom stereocenters. The van der Waals surface area contributed by atoms with E-state index in [9.17, 15) is 13.2 Å². The van der Waals surface area contributed by atoms with Crippen molar-refractivity contribution in [2.75, 3.05) is 34.3 Å². The number of sulfonamides is 1. The van der Waals surface area contributed by atoms with E-state index in [-0.39, 0.29) is 12.5 Å². The molecule has 0 bridgehead atoms. The number of rotatable bonds is 6. The fourth-order valence-electron chi connectivity index (χ4n) is 3.61. The van der Waals surface area contributed by atoms with Gasteiger partial charge >= 0.3 is 0 Å². The van der Waals surface area contributed by atoms with E-state index >= 15 is 0 Å². The molecule has 1 aliphatic rings. The van der Waals surface area contributed by atoms with Crippen molar-refractivity contribution >= 4 is 44.5 Å². The molecule has 0 fully saturated rings. The number of anilines is 3. The van der Waals surface area contributed by atoms with Crippen molar-refractivity contribution in [3.63, 3.8) is 0 Å². The average molecular weight is 458 g/mol. The molecule has 162 valence electrons. The van der Waals surface area contributed by atoms with Gasteiger partial charge in [-0.1, -0.05) is 18.2 Å². The SMILES string of the molecule is Cc1nsc(-c2ccc(C)c(NCC(=O)N3CCc4c(NS(C)(=O)=O)cccc43)c2)n1. The van der Waals surface area contributed by atoms with Crippen LogP contribution in [0.3, 0.4) is 0 Å². The van der Waals surface area contributed by atoms with Crippen LogP contribution in [0.15, 0.2) is 36.4 Å². The molecule has 31 heavy (non-hydrogen) atoms. The summed E-state index contributed by atoms with van der Waals surface area (Å²) in [5.41, 5.74) is 4.96. The van der Waals surface area contributed by atoms with Crippen LogP contribution in [-0.2, 0) is 21.2 Å². The number of carbonyl (C=O) groups excluding carboxylic acids is 1. The molecule has 0 spiro atoms. The number of benzene rings is 2. The lowest BCUT2D eigenvalue weighted by molar-refractivity contribution is -0.116. The molecule has 0 unspecified atom stereocenters. The second-order valence-electron chi connectivity index (χ2n) is 7.50. The van der Waals surface area contributed by atoms with Crippen LogP contribution in [0.2, 0.25) is 0 Å². The lowest BCUT2D eigenvalue weighted by Gasteiger charge is -2.19. The highest BCUT2D eigenvalue weighted by atomic mass is 32.2. The highest BCUT2D eigenvalue weighted by Crippen LogP contribution is 2.34. The van der Waals surface area contributed by atoms with Gasteiger partial charge in [0.05, 0.1) is 18.5 Å². The summed E-state index contributed by atoms with van der Waals surface area (Å²) >= 11 is 1.35. The van der Waals surface area contributed by atoms with E-state index < -0.39 is 10.0 Å². The standard InChI is InChI=1S/C21H23N5O3S2/c1-13-7-8-15(21-23-14(2)24-30-21)11-18(13)22-12-20(27)26-10-9-16-17(25-31(3,28)29)5-4-6-19(16)26/h4-8,11,22,25H,9-10,12H2,1-3H3. The Morgan fingerprint density at radius 1 is 1.19 bits per heavy atom. The van der Waals surface area contributed by atoms with E-state index in [0.29, 0.717) is 18.7 Å². The molecule has 0 aliphatic carbocycles. The van der Waals surface area contributed by atoms with Gasteiger partial charge in [0.2, 0.25) is 15.9 Å². The molecule has 4 rings (SSSR count). The maximum absolute atomic E-state index is 13.0. The zero-order valence-corrected chi connectivity index (χ0v) is 19.1. The Labute approximate surface area is 185 Å². The molecule has 1 aliphatic heterocycles. The first-order chi connectivity index (χ1) is 14.7. The summed E-state index contributed by atoms with van der Waals surface area (Å²) in [5, 5.41) is 4.08. The second kappa shape index (κ2) is 8.27. The van der Waals surface area contributed by atoms with Gasteiger partial charge in [-0.05, 0) is 55.6 Å². The van der Waals surface area contributed by atoms with Crippen molar-refractivity contribution in [1.82, 2.24) is 9.36 Å². The Hall–Kier alpha value is -2.98. The highest BCUT2D eigenvalue weighted by molar-refractivity contribution is 7.92. The van der Waals surface area contributed by atoms with Crippen LogP contribution in [0.4, 0.5) is 17.1 Å². The summed E-state index contributed by atoms with van der Waals surface area (Å²) in [6.07, 6.45) is 1.72. The largest absolute Gasteiger partial charge is 0.376 e. The molecule has 1 aromatic heterocycles. The molecule has 1 amide bonds. The number of aromatic nitrogens is 2. The molecular formula is C21H23N5O3S2. The van der Waals surface area contributed by atoms with Gasteiger partial charge < -0.3 is 10.2 Å². The Morgan fingerprint density at radius 2 is 2.00 bits per heavy atom. The summed E-state index contributed by atoms with van der Waals surface area (Å²) < 4.78 is 30.0. The van der Waals surface area contributed by atoms with E-state index in [0.717, 1.165) is 45.2 Å². The van der Waals surface area contributed by atoms with Gasteiger partial charge in [-0.15, -0.1) is 0 Å². The fourth-order valence-corrected chi connectivity index (χ4v) is 4.87. The topological polar surface area (TPSA) is 104 Å². The molecule has 2 aromatic carbocycles. The first-order valence-corrected chi connectivity index (χ1v) is 12.4. The predicted octanol–water partition coefficient (Wildman–Crippen LogP) is 3.19. The molecule has 10 heteroatoms. The number of nitrogens with zero attached hydrogens (tertiary/aromatic N) is 3. The van der Waals surface area contributed by atoms with Gasteiger partial charge in [0.1, 0.15) is 10.8 Å². The summed E-state index contributed by atoms with van der Waals surface area (Å²) in [5.74, 6) is 0.662. The maximum Gasteiger partial charge on any atom is 0.246 e. The Kier molecular flexibility index (Phi) is 5.67. The Balaban J connectivity index is 1.49. The average Bonchev–Trinajstić information content (AvgIpc) is 3.33. The fraction of sp³-hybridized carbons (Fsp3) is 0.286. The van der Waals surface area contributed by atoms with Gasteiger partial charge in [0, 0.05) is 29.0 Å². The zero-order valence-electron chi connectivity index (χ0n) is 17.5. The maximum atomic E-state index is 13.0. The molecule has 3 aromatic rings. The lowest BCUT2D eigenvalue weighted by Crippen LogP contribution is -2.34. The number of aryl methyl sites for hydroxylation is 2. The quantitative estimate of drug-likeness (QED) is 0.589. The van der Waals surface area contributed by atoms with Crippen LogP contribution < -0.4 is 14.9 Å². The molecule has 0 radical (unpaired) electrons. The first kappa shape index (κ1) is 21.3. The third-order valence-electron chi connectivity index (χ3n) is 5.07. The van der Waals surface area contributed by atoms with Gasteiger partial charge in [-0.25, -0.2) is 13.4 Å². The first-order valence-electron chi connectivity index (χ1n) is 9.76. The second-order valence-corrected chi connectivity index (χ2v) is 10.0. The number of carbonyl (C=O) groups is 1. The van der Waals surface area contributed by atoms with Crippen LogP contribution in [-0.4, -0.2) is 43.0 Å². The van der Waals surface area contributed by atoms with Crippen molar-refractivity contribution in [1.29, 1.82) is 0 Å². The number of hydrogen-bond donors (Lipinski definition) is 2. The normalized spacial score (nSPS) is 13.2. The number of amides is 1. The molecule has 2 heterocycles. The van der Waals surface area contributed by atoms with E-state index in [4.69, 9.17) is 0 Å². The minimum absolute atomic E-state index is 0.0770. The van der Waals surface area contributed by atoms with Crippen molar-refractivity contribution in [3.8, 4) is 10.6 Å². The van der Waals surface area contributed by atoms with E-state index in [1.165, 1.54) is 11.5 Å². The summed E-state index contributed by atoms with van der Waals surface area (Å²) in [4.78, 5) is 19.1. The monoisotopic (exact) mass is 457 g/mol. The van der Waals surface area contributed by atoms with E-state index in [2.05, 4.69) is 19.4 Å². The van der Waals surface area contributed by atoms with Crippen molar-refractivity contribution in [2.24, 2.45) is 0 Å². The van der Waals surface area contributed by atoms with Gasteiger partial charge in [-0.2, -0.15) is 4.37 Å². The number of nitrogens with one attached hydrogen (secondary N) is 2. The molecule has 0 saturated carbocycles. The Bertz CT molecular complexity index is 1250.